The van der Waals surface area contributed by atoms with Crippen LogP contribution < -0.4 is 10.5 Å². The van der Waals surface area contributed by atoms with Gasteiger partial charge >= 0.3 is 0 Å². The van der Waals surface area contributed by atoms with Crippen LogP contribution in [0.1, 0.15) is 32.6 Å². The Morgan fingerprint density at radius 3 is 2.41 bits per heavy atom. The van der Waals surface area contributed by atoms with Crippen LogP contribution >= 0.6 is 0 Å². The number of nitrogens with one attached hydrogen (secondary N) is 1. The van der Waals surface area contributed by atoms with Gasteiger partial charge in [0.1, 0.15) is 0 Å². The van der Waals surface area contributed by atoms with Crippen molar-refractivity contribution >= 4 is 10.2 Å². The van der Waals surface area contributed by atoms with Gasteiger partial charge in [0.2, 0.25) is 0 Å². The van der Waals surface area contributed by atoms with Crippen LogP contribution in [-0.2, 0) is 10.2 Å². The summed E-state index contributed by atoms with van der Waals surface area (Å²) < 4.78 is 28.4. The third-order valence-electron chi connectivity index (χ3n) is 4.10. The fraction of sp³-hybridized carbons (Fsp3) is 1.00. The van der Waals surface area contributed by atoms with Gasteiger partial charge in [-0.3, -0.25) is 0 Å². The summed E-state index contributed by atoms with van der Waals surface area (Å²) >= 11 is 0. The minimum Gasteiger partial charge on any atom is -0.330 e. The van der Waals surface area contributed by atoms with Gasteiger partial charge in [0.25, 0.3) is 10.2 Å². The largest absolute Gasteiger partial charge is 0.330 e. The van der Waals surface area contributed by atoms with Crippen LogP contribution in [0.4, 0.5) is 0 Å². The van der Waals surface area contributed by atoms with Gasteiger partial charge in [-0.15, -0.1) is 0 Å². The van der Waals surface area contributed by atoms with Crippen LogP contribution in [0.2, 0.25) is 0 Å². The number of hydrogen-bond donors (Lipinski definition) is 2. The number of hydrogen-bond acceptors (Lipinski definition) is 3. The van der Waals surface area contributed by atoms with E-state index in [1.807, 2.05) is 0 Å². The zero-order valence-electron chi connectivity index (χ0n) is 10.5. The lowest BCUT2D eigenvalue weighted by Crippen LogP contribution is -2.46. The average Bonchev–Trinajstić information content (AvgIpc) is 3.08. The summed E-state index contributed by atoms with van der Waals surface area (Å²) in [5.41, 5.74) is 5.70. The Morgan fingerprint density at radius 2 is 1.94 bits per heavy atom. The fourth-order valence-electron chi connectivity index (χ4n) is 2.19. The van der Waals surface area contributed by atoms with Crippen molar-refractivity contribution in [1.29, 1.82) is 0 Å². The molecule has 0 bridgehead atoms. The van der Waals surface area contributed by atoms with Crippen molar-refractivity contribution in [3.05, 3.63) is 0 Å². The molecule has 0 aromatic heterocycles. The third kappa shape index (κ3) is 3.19. The van der Waals surface area contributed by atoms with Crippen LogP contribution in [0, 0.1) is 11.3 Å². The van der Waals surface area contributed by atoms with E-state index in [2.05, 4.69) is 11.6 Å². The van der Waals surface area contributed by atoms with Crippen LogP contribution in [0.3, 0.4) is 0 Å². The molecule has 1 heterocycles. The molecular weight excluding hydrogens is 238 g/mol. The molecular formula is C11H23N3O2S. The maximum absolute atomic E-state index is 12.1. The molecule has 0 spiro atoms. The lowest BCUT2D eigenvalue weighted by atomic mass is 10.0. The van der Waals surface area contributed by atoms with E-state index in [1.165, 1.54) is 0 Å². The van der Waals surface area contributed by atoms with Gasteiger partial charge in [0.05, 0.1) is 0 Å². The van der Waals surface area contributed by atoms with Crippen molar-refractivity contribution in [3.8, 4) is 0 Å². The summed E-state index contributed by atoms with van der Waals surface area (Å²) in [7, 11) is -3.28. The first-order chi connectivity index (χ1) is 7.97. The van der Waals surface area contributed by atoms with Crippen molar-refractivity contribution in [2.24, 2.45) is 17.1 Å². The summed E-state index contributed by atoms with van der Waals surface area (Å²) in [5.74, 6) is 0.639. The highest BCUT2D eigenvalue weighted by Gasteiger charge is 2.42. The highest BCUT2D eigenvalue weighted by Crippen LogP contribution is 2.43. The van der Waals surface area contributed by atoms with E-state index in [9.17, 15) is 8.42 Å². The average molecular weight is 261 g/mol. The van der Waals surface area contributed by atoms with E-state index in [0.29, 0.717) is 32.1 Å². The molecule has 0 amide bonds. The van der Waals surface area contributed by atoms with Crippen LogP contribution in [-0.4, -0.2) is 38.9 Å². The zero-order chi connectivity index (χ0) is 12.5. The molecule has 1 saturated heterocycles. The molecule has 0 radical (unpaired) electrons. The van der Waals surface area contributed by atoms with E-state index in [4.69, 9.17) is 5.73 Å². The highest BCUT2D eigenvalue weighted by molar-refractivity contribution is 7.87. The predicted octanol–water partition coefficient (Wildman–Crippen LogP) is 0.292. The third-order valence-corrected chi connectivity index (χ3v) is 5.66. The van der Waals surface area contributed by atoms with E-state index in [-0.39, 0.29) is 5.41 Å². The molecule has 6 heteroatoms. The Labute approximate surface area is 104 Å². The lowest BCUT2D eigenvalue weighted by molar-refractivity contribution is 0.284. The summed E-state index contributed by atoms with van der Waals surface area (Å²) in [4.78, 5) is 0. The predicted molar refractivity (Wildman–Crippen MR) is 67.6 cm³/mol. The summed E-state index contributed by atoms with van der Waals surface area (Å²) in [5, 5.41) is 0. The molecule has 100 valence electrons. The Morgan fingerprint density at radius 1 is 1.35 bits per heavy atom. The van der Waals surface area contributed by atoms with E-state index in [1.54, 1.807) is 4.31 Å². The second kappa shape index (κ2) is 4.84. The van der Waals surface area contributed by atoms with Gasteiger partial charge < -0.3 is 5.73 Å². The summed E-state index contributed by atoms with van der Waals surface area (Å²) in [6.45, 7) is 4.54. The van der Waals surface area contributed by atoms with Crippen LogP contribution in [0.25, 0.3) is 0 Å². The molecule has 5 nitrogen and oxygen atoms in total. The second-order valence-electron chi connectivity index (χ2n) is 5.61. The Kier molecular flexibility index (Phi) is 3.77. The number of nitrogens with two attached hydrogens (primary N) is 1. The van der Waals surface area contributed by atoms with Crippen molar-refractivity contribution in [2.45, 2.75) is 32.6 Å². The maximum Gasteiger partial charge on any atom is 0.279 e. The molecule has 17 heavy (non-hydrogen) atoms. The highest BCUT2D eigenvalue weighted by atomic mass is 32.2. The molecule has 2 rings (SSSR count). The van der Waals surface area contributed by atoms with E-state index < -0.39 is 10.2 Å². The molecule has 2 fully saturated rings. The number of piperidine rings is 1. The van der Waals surface area contributed by atoms with Gasteiger partial charge in [-0.2, -0.15) is 12.7 Å². The first kappa shape index (κ1) is 13.3. The van der Waals surface area contributed by atoms with Crippen molar-refractivity contribution in [1.82, 2.24) is 9.03 Å². The fourth-order valence-corrected chi connectivity index (χ4v) is 3.55. The number of rotatable bonds is 5. The minimum absolute atomic E-state index is 0.0517. The van der Waals surface area contributed by atoms with Crippen molar-refractivity contribution in [3.63, 3.8) is 0 Å². The molecule has 1 aliphatic carbocycles. The SMILES string of the molecule is CC1CCN(S(=O)(=O)NCC2(CN)CC2)CC1. The van der Waals surface area contributed by atoms with E-state index in [0.717, 1.165) is 25.7 Å². The number of nitrogens with zero attached hydrogens (tertiary/aromatic N) is 1. The maximum atomic E-state index is 12.1. The van der Waals surface area contributed by atoms with Crippen molar-refractivity contribution in [2.75, 3.05) is 26.2 Å². The van der Waals surface area contributed by atoms with Gasteiger partial charge in [0.15, 0.2) is 0 Å². The molecule has 1 saturated carbocycles. The Hall–Kier alpha value is -0.170. The second-order valence-corrected chi connectivity index (χ2v) is 7.37. The summed E-state index contributed by atoms with van der Waals surface area (Å²) in [6, 6.07) is 0. The summed E-state index contributed by atoms with van der Waals surface area (Å²) in [6.07, 6.45) is 4.01. The minimum atomic E-state index is -3.28. The standard InChI is InChI=1S/C11H23N3O2S/c1-10-2-6-14(7-3-10)17(15,16)13-9-11(8-12)4-5-11/h10,13H,2-9,12H2,1H3. The first-order valence-corrected chi connectivity index (χ1v) is 7.86. The molecule has 0 atom stereocenters. The van der Waals surface area contributed by atoms with Gasteiger partial charge in [0, 0.05) is 19.6 Å². The first-order valence-electron chi connectivity index (χ1n) is 6.42. The van der Waals surface area contributed by atoms with Gasteiger partial charge in [-0.1, -0.05) is 6.92 Å². The molecule has 3 N–H and O–H groups in total. The smallest absolute Gasteiger partial charge is 0.279 e. The molecule has 0 unspecified atom stereocenters. The quantitative estimate of drug-likeness (QED) is 0.747. The lowest BCUT2D eigenvalue weighted by Gasteiger charge is -2.30. The Balaban J connectivity index is 1.86. The van der Waals surface area contributed by atoms with Gasteiger partial charge in [-0.05, 0) is 43.6 Å². The van der Waals surface area contributed by atoms with Crippen molar-refractivity contribution < 1.29 is 8.42 Å². The normalized spacial score (nSPS) is 26.0. The monoisotopic (exact) mass is 261 g/mol. The van der Waals surface area contributed by atoms with E-state index >= 15 is 0 Å². The molecule has 0 aromatic rings. The van der Waals surface area contributed by atoms with Gasteiger partial charge in [-0.25, -0.2) is 4.72 Å². The molecule has 1 aliphatic heterocycles. The van der Waals surface area contributed by atoms with Crippen LogP contribution in [0.5, 0.6) is 0 Å². The topological polar surface area (TPSA) is 75.4 Å². The Bertz CT molecular complexity index is 357. The molecule has 2 aliphatic rings. The zero-order valence-corrected chi connectivity index (χ0v) is 11.3. The van der Waals surface area contributed by atoms with Crippen LogP contribution in [0.15, 0.2) is 0 Å². The molecule has 0 aromatic carbocycles.